The van der Waals surface area contributed by atoms with Gasteiger partial charge in [-0.2, -0.15) is 0 Å². The summed E-state index contributed by atoms with van der Waals surface area (Å²) in [5, 5.41) is 0. The first-order valence-electron chi connectivity index (χ1n) is 12.9. The van der Waals surface area contributed by atoms with Gasteiger partial charge in [0.05, 0.1) is 31.2 Å². The summed E-state index contributed by atoms with van der Waals surface area (Å²) in [6.07, 6.45) is 0. The lowest BCUT2D eigenvalue weighted by molar-refractivity contribution is -0.282. The fourth-order valence-corrected chi connectivity index (χ4v) is 4.69. The van der Waals surface area contributed by atoms with Crippen molar-refractivity contribution >= 4 is 40.1 Å². The first-order valence-corrected chi connectivity index (χ1v) is 12.9. The van der Waals surface area contributed by atoms with Crippen LogP contribution < -0.4 is 9.80 Å². The Morgan fingerprint density at radius 3 is 1.35 bits per heavy atom. The molecule has 0 aromatic heterocycles. The SMILES string of the molecule is COOCc1cc(N(c2ccccc2)c2ccccc2)c(C(=O)OC)cc1N(c1ccccc1)c1ccccc1. The molecule has 0 saturated carbocycles. The van der Waals surface area contributed by atoms with Gasteiger partial charge in [-0.3, -0.25) is 0 Å². The molecule has 0 radical (unpaired) electrons. The van der Waals surface area contributed by atoms with Crippen LogP contribution in [0.15, 0.2) is 133 Å². The number of hydrogen-bond donors (Lipinski definition) is 0. The molecule has 5 aromatic carbocycles. The number of nitrogens with zero attached hydrogens (tertiary/aromatic N) is 2. The molecule has 200 valence electrons. The summed E-state index contributed by atoms with van der Waals surface area (Å²) in [6.45, 7) is 0.147. The fourth-order valence-electron chi connectivity index (χ4n) is 4.69. The number of methoxy groups -OCH3 is 1. The number of carbonyl (C=O) groups is 1. The first-order chi connectivity index (χ1) is 19.7. The van der Waals surface area contributed by atoms with Crippen molar-refractivity contribution in [1.29, 1.82) is 0 Å². The molecule has 0 saturated heterocycles. The van der Waals surface area contributed by atoms with Crippen molar-refractivity contribution in [2.75, 3.05) is 24.0 Å². The van der Waals surface area contributed by atoms with Crippen LogP contribution in [-0.2, 0) is 21.1 Å². The van der Waals surface area contributed by atoms with Gasteiger partial charge in [-0.15, -0.1) is 0 Å². The van der Waals surface area contributed by atoms with Crippen LogP contribution in [0.1, 0.15) is 15.9 Å². The minimum absolute atomic E-state index is 0.147. The number of carbonyl (C=O) groups excluding carboxylic acids is 1. The average molecular weight is 531 g/mol. The average Bonchev–Trinajstić information content (AvgIpc) is 3.02. The molecule has 0 unspecified atom stereocenters. The molecule has 6 heteroatoms. The van der Waals surface area contributed by atoms with Gasteiger partial charge in [-0.05, 0) is 60.7 Å². The third-order valence-electron chi connectivity index (χ3n) is 6.47. The van der Waals surface area contributed by atoms with Crippen molar-refractivity contribution in [3.63, 3.8) is 0 Å². The van der Waals surface area contributed by atoms with Crippen molar-refractivity contribution in [3.8, 4) is 0 Å². The summed E-state index contributed by atoms with van der Waals surface area (Å²) in [7, 11) is 2.88. The van der Waals surface area contributed by atoms with E-state index in [9.17, 15) is 4.79 Å². The van der Waals surface area contributed by atoms with E-state index in [1.54, 1.807) is 0 Å². The maximum absolute atomic E-state index is 13.5. The van der Waals surface area contributed by atoms with Crippen LogP contribution in [-0.4, -0.2) is 20.2 Å². The van der Waals surface area contributed by atoms with Gasteiger partial charge in [0.25, 0.3) is 0 Å². The molecule has 0 aliphatic heterocycles. The third-order valence-corrected chi connectivity index (χ3v) is 6.47. The lowest BCUT2D eigenvalue weighted by atomic mass is 10.0. The number of benzene rings is 5. The molecule has 0 amide bonds. The highest BCUT2D eigenvalue weighted by molar-refractivity contribution is 6.01. The van der Waals surface area contributed by atoms with Gasteiger partial charge in [0.15, 0.2) is 0 Å². The van der Waals surface area contributed by atoms with Crippen molar-refractivity contribution in [2.45, 2.75) is 6.61 Å². The largest absolute Gasteiger partial charge is 0.465 e. The summed E-state index contributed by atoms with van der Waals surface area (Å²) in [4.78, 5) is 28.1. The Balaban J connectivity index is 1.80. The number of rotatable bonds is 10. The maximum Gasteiger partial charge on any atom is 0.340 e. The first kappa shape index (κ1) is 26.7. The van der Waals surface area contributed by atoms with Crippen LogP contribution >= 0.6 is 0 Å². The summed E-state index contributed by atoms with van der Waals surface area (Å²) < 4.78 is 5.33. The predicted molar refractivity (Wildman–Crippen MR) is 159 cm³/mol. The molecule has 6 nitrogen and oxygen atoms in total. The van der Waals surface area contributed by atoms with E-state index < -0.39 is 5.97 Å². The normalized spacial score (nSPS) is 10.7. The van der Waals surface area contributed by atoms with E-state index in [4.69, 9.17) is 14.5 Å². The highest BCUT2D eigenvalue weighted by Gasteiger charge is 2.26. The maximum atomic E-state index is 13.5. The molecule has 5 aromatic rings. The number of esters is 1. The number of para-hydroxylation sites is 4. The van der Waals surface area contributed by atoms with E-state index in [1.807, 2.05) is 138 Å². The van der Waals surface area contributed by atoms with Gasteiger partial charge in [0.2, 0.25) is 0 Å². The van der Waals surface area contributed by atoms with Crippen molar-refractivity contribution < 1.29 is 19.3 Å². The second kappa shape index (κ2) is 12.8. The molecule has 0 aliphatic carbocycles. The summed E-state index contributed by atoms with van der Waals surface area (Å²) in [5.74, 6) is -0.451. The van der Waals surface area contributed by atoms with Crippen molar-refractivity contribution in [3.05, 3.63) is 145 Å². The predicted octanol–water partition coefficient (Wildman–Crippen LogP) is 8.49. The van der Waals surface area contributed by atoms with Crippen LogP contribution in [0.2, 0.25) is 0 Å². The third kappa shape index (κ3) is 5.73. The van der Waals surface area contributed by atoms with E-state index in [-0.39, 0.29) is 6.61 Å². The van der Waals surface area contributed by atoms with Gasteiger partial charge in [-0.25, -0.2) is 14.6 Å². The molecule has 40 heavy (non-hydrogen) atoms. The van der Waals surface area contributed by atoms with Gasteiger partial charge >= 0.3 is 5.97 Å². The molecule has 0 aliphatic rings. The summed E-state index contributed by atoms with van der Waals surface area (Å²) >= 11 is 0. The van der Waals surface area contributed by atoms with Crippen molar-refractivity contribution in [1.82, 2.24) is 0 Å². The molecule has 0 bridgehead atoms. The van der Waals surface area contributed by atoms with Crippen molar-refractivity contribution in [2.24, 2.45) is 0 Å². The number of anilines is 6. The Bertz CT molecular complexity index is 1450. The zero-order valence-corrected chi connectivity index (χ0v) is 22.4. The Morgan fingerprint density at radius 1 is 0.575 bits per heavy atom. The highest BCUT2D eigenvalue weighted by atomic mass is 17.2. The molecule has 5 rings (SSSR count). The minimum atomic E-state index is -0.451. The van der Waals surface area contributed by atoms with E-state index >= 15 is 0 Å². The number of ether oxygens (including phenoxy) is 1. The van der Waals surface area contributed by atoms with Crippen LogP contribution in [0.25, 0.3) is 0 Å². The Hall–Kier alpha value is -4.91. The zero-order chi connectivity index (χ0) is 27.7. The molecule has 0 fully saturated rings. The fraction of sp³-hybridized carbons (Fsp3) is 0.0882. The van der Waals surface area contributed by atoms with Gasteiger partial charge < -0.3 is 14.5 Å². The molecular formula is C34H30N2O4. The van der Waals surface area contributed by atoms with Crippen LogP contribution in [0.5, 0.6) is 0 Å². The molecule has 0 N–H and O–H groups in total. The lowest BCUT2D eigenvalue weighted by Crippen LogP contribution is -2.19. The Kier molecular flexibility index (Phi) is 8.51. The smallest absolute Gasteiger partial charge is 0.340 e. The van der Waals surface area contributed by atoms with Crippen LogP contribution in [0, 0.1) is 0 Å². The van der Waals surface area contributed by atoms with Crippen LogP contribution in [0.3, 0.4) is 0 Å². The van der Waals surface area contributed by atoms with E-state index in [0.29, 0.717) is 11.3 Å². The van der Waals surface area contributed by atoms with E-state index in [1.165, 1.54) is 14.2 Å². The quantitative estimate of drug-likeness (QED) is 0.103. The summed E-state index contributed by atoms with van der Waals surface area (Å²) in [6, 6.07) is 43.7. The monoisotopic (exact) mass is 530 g/mol. The zero-order valence-electron chi connectivity index (χ0n) is 22.4. The molecular weight excluding hydrogens is 500 g/mol. The minimum Gasteiger partial charge on any atom is -0.465 e. The standard InChI is InChI=1S/C34H30N2O4/c1-38-34(37)31-24-32(35(27-15-7-3-8-16-27)28-17-9-4-10-18-28)26(25-40-39-2)23-33(31)36(29-19-11-5-12-20-29)30-21-13-6-14-22-30/h3-24H,25H2,1-2H3. The van der Waals surface area contributed by atoms with E-state index in [0.717, 1.165) is 34.0 Å². The second-order valence-electron chi connectivity index (χ2n) is 8.93. The van der Waals surface area contributed by atoms with E-state index in [2.05, 4.69) is 4.90 Å². The lowest BCUT2D eigenvalue weighted by Gasteiger charge is -2.31. The summed E-state index contributed by atoms with van der Waals surface area (Å²) in [5.41, 5.74) is 6.29. The Morgan fingerprint density at radius 2 is 0.975 bits per heavy atom. The molecule has 0 atom stereocenters. The molecule has 0 heterocycles. The molecule has 0 spiro atoms. The van der Waals surface area contributed by atoms with Gasteiger partial charge in [0.1, 0.15) is 6.61 Å². The number of hydrogen-bond acceptors (Lipinski definition) is 6. The second-order valence-corrected chi connectivity index (χ2v) is 8.93. The van der Waals surface area contributed by atoms with Gasteiger partial charge in [-0.1, -0.05) is 72.8 Å². The highest BCUT2D eigenvalue weighted by Crippen LogP contribution is 2.43. The Labute approximate surface area is 234 Å². The van der Waals surface area contributed by atoms with Crippen LogP contribution in [0.4, 0.5) is 34.1 Å². The van der Waals surface area contributed by atoms with Gasteiger partial charge in [0, 0.05) is 28.3 Å². The topological polar surface area (TPSA) is 51.2 Å².